The van der Waals surface area contributed by atoms with Crippen LogP contribution in [-0.2, 0) is 9.59 Å². The fraction of sp³-hybridized carbons (Fsp3) is 0. The van der Waals surface area contributed by atoms with Crippen LogP contribution in [0.3, 0.4) is 0 Å². The maximum Gasteiger partial charge on any atom is 0.343 e. The zero-order chi connectivity index (χ0) is 21.1. The standard InChI is InChI=1S/C23H15BrN2O4/c24-17-11-12-20(30-23(29)15-7-3-1-4-8-15)16(13-17)14-19-21(27)25-26(22(19)28)18-9-5-2-6-10-18/h1-14H,(H,25,27)/b19-14+. The average Bonchev–Trinajstić information content (AvgIpc) is 3.05. The molecular formula is C23H15BrN2O4. The van der Waals surface area contributed by atoms with Crippen LogP contribution in [0.2, 0.25) is 0 Å². The van der Waals surface area contributed by atoms with Crippen LogP contribution in [0.25, 0.3) is 6.08 Å². The Bertz CT molecular complexity index is 1160. The molecule has 0 radical (unpaired) electrons. The van der Waals surface area contributed by atoms with Gasteiger partial charge >= 0.3 is 5.97 Å². The topological polar surface area (TPSA) is 75.7 Å². The van der Waals surface area contributed by atoms with Gasteiger partial charge in [0.1, 0.15) is 11.3 Å². The summed E-state index contributed by atoms with van der Waals surface area (Å²) >= 11 is 3.37. The number of rotatable bonds is 4. The molecule has 1 heterocycles. The number of nitrogens with one attached hydrogen (secondary N) is 1. The monoisotopic (exact) mass is 462 g/mol. The molecule has 0 spiro atoms. The van der Waals surface area contributed by atoms with Crippen molar-refractivity contribution in [3.8, 4) is 5.75 Å². The van der Waals surface area contributed by atoms with Crippen molar-refractivity contribution in [2.45, 2.75) is 0 Å². The van der Waals surface area contributed by atoms with E-state index < -0.39 is 17.8 Å². The number of hydrazine groups is 1. The first-order chi connectivity index (χ1) is 14.5. The first-order valence-electron chi connectivity index (χ1n) is 9.02. The van der Waals surface area contributed by atoms with Crippen LogP contribution >= 0.6 is 15.9 Å². The third-order valence-corrected chi connectivity index (χ3v) is 4.88. The lowest BCUT2D eigenvalue weighted by atomic mass is 10.1. The number of esters is 1. The fourth-order valence-electron chi connectivity index (χ4n) is 2.93. The Labute approximate surface area is 180 Å². The lowest BCUT2D eigenvalue weighted by molar-refractivity contribution is -0.117. The number of benzene rings is 3. The summed E-state index contributed by atoms with van der Waals surface area (Å²) in [5, 5.41) is 1.18. The van der Waals surface area contributed by atoms with E-state index in [1.165, 1.54) is 11.1 Å². The van der Waals surface area contributed by atoms with E-state index in [-0.39, 0.29) is 11.3 Å². The third kappa shape index (κ3) is 4.01. The summed E-state index contributed by atoms with van der Waals surface area (Å²) in [4.78, 5) is 37.7. The molecule has 4 rings (SSSR count). The third-order valence-electron chi connectivity index (χ3n) is 4.39. The van der Waals surface area contributed by atoms with Gasteiger partial charge in [-0.15, -0.1) is 0 Å². The SMILES string of the molecule is O=C1NN(c2ccccc2)C(=O)/C1=C/c1cc(Br)ccc1OC(=O)c1ccccc1. The molecule has 1 fully saturated rings. The van der Waals surface area contributed by atoms with Crippen molar-refractivity contribution in [1.29, 1.82) is 0 Å². The molecule has 2 amide bonds. The number of carbonyl (C=O) groups excluding carboxylic acids is 3. The molecule has 30 heavy (non-hydrogen) atoms. The van der Waals surface area contributed by atoms with Crippen molar-refractivity contribution in [2.75, 3.05) is 5.01 Å². The lowest BCUT2D eigenvalue weighted by Crippen LogP contribution is -2.35. The van der Waals surface area contributed by atoms with Crippen molar-refractivity contribution in [3.63, 3.8) is 0 Å². The van der Waals surface area contributed by atoms with Gasteiger partial charge in [0.2, 0.25) is 0 Å². The highest BCUT2D eigenvalue weighted by atomic mass is 79.9. The van der Waals surface area contributed by atoms with Gasteiger partial charge in [-0.2, -0.15) is 0 Å². The summed E-state index contributed by atoms with van der Waals surface area (Å²) in [5.74, 6) is -1.33. The number of halogens is 1. The highest BCUT2D eigenvalue weighted by Gasteiger charge is 2.34. The minimum absolute atomic E-state index is 0.0611. The minimum atomic E-state index is -0.538. The first-order valence-corrected chi connectivity index (χ1v) is 9.81. The molecule has 3 aromatic rings. The van der Waals surface area contributed by atoms with Crippen molar-refractivity contribution in [1.82, 2.24) is 5.43 Å². The molecule has 6 nitrogen and oxygen atoms in total. The molecule has 0 unspecified atom stereocenters. The molecule has 1 saturated heterocycles. The van der Waals surface area contributed by atoms with Crippen LogP contribution in [0, 0.1) is 0 Å². The highest BCUT2D eigenvalue weighted by Crippen LogP contribution is 2.28. The fourth-order valence-corrected chi connectivity index (χ4v) is 3.31. The molecule has 7 heteroatoms. The van der Waals surface area contributed by atoms with E-state index in [9.17, 15) is 14.4 Å². The minimum Gasteiger partial charge on any atom is -0.422 e. The van der Waals surface area contributed by atoms with Gasteiger partial charge in [-0.3, -0.25) is 15.0 Å². The number of nitrogens with zero attached hydrogens (tertiary/aromatic N) is 1. The van der Waals surface area contributed by atoms with Gasteiger partial charge < -0.3 is 4.74 Å². The number of anilines is 1. The van der Waals surface area contributed by atoms with Crippen molar-refractivity contribution in [3.05, 3.63) is 100 Å². The van der Waals surface area contributed by atoms with Gasteiger partial charge in [-0.05, 0) is 48.5 Å². The number of ether oxygens (including phenoxy) is 1. The van der Waals surface area contributed by atoms with Gasteiger partial charge in [0.15, 0.2) is 0 Å². The number of amides is 2. The largest absolute Gasteiger partial charge is 0.422 e. The Balaban J connectivity index is 1.66. The van der Waals surface area contributed by atoms with Crippen molar-refractivity contribution in [2.24, 2.45) is 0 Å². The quantitative estimate of drug-likeness (QED) is 0.273. The molecule has 1 N–H and O–H groups in total. The second-order valence-electron chi connectivity index (χ2n) is 6.41. The predicted octanol–water partition coefficient (Wildman–Crippen LogP) is 4.13. The van der Waals surface area contributed by atoms with Gasteiger partial charge in [0.05, 0.1) is 11.3 Å². The number of carbonyl (C=O) groups is 3. The maximum absolute atomic E-state index is 12.8. The maximum atomic E-state index is 12.8. The van der Waals surface area contributed by atoms with E-state index in [0.29, 0.717) is 21.3 Å². The molecule has 0 saturated carbocycles. The summed E-state index contributed by atoms with van der Waals surface area (Å²) in [5.41, 5.74) is 3.84. The van der Waals surface area contributed by atoms with Crippen LogP contribution < -0.4 is 15.2 Å². The summed E-state index contributed by atoms with van der Waals surface area (Å²) in [6, 6.07) is 22.3. The normalized spacial score (nSPS) is 14.7. The first kappa shape index (κ1) is 19.6. The molecule has 1 aliphatic heterocycles. The molecule has 0 atom stereocenters. The van der Waals surface area contributed by atoms with E-state index in [2.05, 4.69) is 21.4 Å². The Hall–Kier alpha value is -3.71. The molecule has 0 bridgehead atoms. The number of hydrogen-bond donors (Lipinski definition) is 1. The average molecular weight is 463 g/mol. The van der Waals surface area contributed by atoms with Crippen LogP contribution in [0.1, 0.15) is 15.9 Å². The van der Waals surface area contributed by atoms with Crippen molar-refractivity contribution >= 4 is 45.5 Å². The summed E-state index contributed by atoms with van der Waals surface area (Å²) in [6.45, 7) is 0. The van der Waals surface area contributed by atoms with E-state index in [0.717, 1.165) is 0 Å². The molecular weight excluding hydrogens is 448 g/mol. The van der Waals surface area contributed by atoms with E-state index >= 15 is 0 Å². The molecule has 3 aromatic carbocycles. The zero-order valence-electron chi connectivity index (χ0n) is 15.5. The van der Waals surface area contributed by atoms with Gasteiger partial charge in [-0.1, -0.05) is 52.3 Å². The van der Waals surface area contributed by atoms with Crippen molar-refractivity contribution < 1.29 is 19.1 Å². The second-order valence-corrected chi connectivity index (χ2v) is 7.33. The van der Waals surface area contributed by atoms with Crippen LogP contribution in [0.5, 0.6) is 5.75 Å². The zero-order valence-corrected chi connectivity index (χ0v) is 17.1. The number of para-hydroxylation sites is 1. The van der Waals surface area contributed by atoms with Crippen LogP contribution in [0.15, 0.2) is 88.9 Å². The summed E-state index contributed by atoms with van der Waals surface area (Å²) in [7, 11) is 0. The second kappa shape index (κ2) is 8.34. The van der Waals surface area contributed by atoms with Gasteiger partial charge in [0, 0.05) is 10.0 Å². The Morgan fingerprint density at radius 3 is 2.30 bits per heavy atom. The number of hydrogen-bond acceptors (Lipinski definition) is 4. The summed E-state index contributed by atoms with van der Waals surface area (Å²) in [6.07, 6.45) is 1.42. The molecule has 0 aromatic heterocycles. The molecule has 148 valence electrons. The van der Waals surface area contributed by atoms with E-state index in [4.69, 9.17) is 4.74 Å². The van der Waals surface area contributed by atoms with E-state index in [1.807, 2.05) is 6.07 Å². The lowest BCUT2D eigenvalue weighted by Gasteiger charge is -2.14. The summed E-state index contributed by atoms with van der Waals surface area (Å²) < 4.78 is 6.23. The Morgan fingerprint density at radius 2 is 1.60 bits per heavy atom. The Morgan fingerprint density at radius 1 is 0.933 bits per heavy atom. The predicted molar refractivity (Wildman–Crippen MR) is 116 cm³/mol. The smallest absolute Gasteiger partial charge is 0.343 e. The van der Waals surface area contributed by atoms with Crippen LogP contribution in [-0.4, -0.2) is 17.8 Å². The van der Waals surface area contributed by atoms with E-state index in [1.54, 1.807) is 72.8 Å². The van der Waals surface area contributed by atoms with Gasteiger partial charge in [0.25, 0.3) is 11.8 Å². The van der Waals surface area contributed by atoms with Crippen LogP contribution in [0.4, 0.5) is 5.69 Å². The molecule has 0 aliphatic carbocycles. The molecule has 1 aliphatic rings. The highest BCUT2D eigenvalue weighted by molar-refractivity contribution is 9.10. The van der Waals surface area contributed by atoms with Gasteiger partial charge in [-0.25, -0.2) is 9.80 Å². The Kier molecular flexibility index (Phi) is 5.45.